The highest BCUT2D eigenvalue weighted by atomic mass is 79.9. The third-order valence-corrected chi connectivity index (χ3v) is 8.15. The maximum atomic E-state index is 3.71. The summed E-state index contributed by atoms with van der Waals surface area (Å²) in [4.78, 5) is 0. The average Bonchev–Trinajstić information content (AvgIpc) is 3.35. The molecule has 0 N–H and O–H groups in total. The Labute approximate surface area is 200 Å². The van der Waals surface area contributed by atoms with E-state index in [0.717, 1.165) is 4.47 Å². The average molecular weight is 484 g/mol. The molecule has 1 nitrogen and oxygen atoms in total. The van der Waals surface area contributed by atoms with E-state index in [1.807, 2.05) is 0 Å². The second-order valence-electron chi connectivity index (χ2n) is 9.06. The van der Waals surface area contributed by atoms with Crippen molar-refractivity contribution in [3.8, 4) is 16.8 Å². The van der Waals surface area contributed by atoms with Gasteiger partial charge in [0.05, 0.1) is 22.1 Å². The van der Waals surface area contributed by atoms with E-state index in [2.05, 4.69) is 130 Å². The highest BCUT2D eigenvalue weighted by Gasteiger charge is 2.50. The monoisotopic (exact) mass is 483 g/mol. The molecule has 2 aliphatic rings. The van der Waals surface area contributed by atoms with E-state index in [4.69, 9.17) is 0 Å². The summed E-state index contributed by atoms with van der Waals surface area (Å²) in [5.74, 6) is 0. The van der Waals surface area contributed by atoms with E-state index in [9.17, 15) is 0 Å². The molecule has 1 aromatic heterocycles. The molecule has 1 aliphatic heterocycles. The number of hydrogen-bond acceptors (Lipinski definition) is 0. The second-order valence-corrected chi connectivity index (χ2v) is 9.97. The van der Waals surface area contributed by atoms with Crippen molar-refractivity contribution in [1.29, 1.82) is 0 Å². The molecular formula is C31H18BrN. The van der Waals surface area contributed by atoms with E-state index in [1.165, 1.54) is 60.9 Å². The van der Waals surface area contributed by atoms with Crippen molar-refractivity contribution in [2.75, 3.05) is 0 Å². The predicted molar refractivity (Wildman–Crippen MR) is 139 cm³/mol. The molecule has 154 valence electrons. The number of rotatable bonds is 0. The fraction of sp³-hybridized carbons (Fsp3) is 0.0323. The predicted octanol–water partition coefficient (Wildman–Crippen LogP) is 8.22. The lowest BCUT2D eigenvalue weighted by atomic mass is 9.65. The summed E-state index contributed by atoms with van der Waals surface area (Å²) < 4.78 is 3.59. The topological polar surface area (TPSA) is 4.93 Å². The first-order chi connectivity index (χ1) is 16.3. The van der Waals surface area contributed by atoms with Crippen molar-refractivity contribution in [1.82, 2.24) is 4.57 Å². The van der Waals surface area contributed by atoms with E-state index < -0.39 is 0 Å². The highest BCUT2D eigenvalue weighted by molar-refractivity contribution is 9.10. The number of para-hydroxylation sites is 2. The van der Waals surface area contributed by atoms with Crippen LogP contribution in [0.1, 0.15) is 22.3 Å². The Bertz CT molecular complexity index is 1740. The third kappa shape index (κ3) is 1.96. The first-order valence-electron chi connectivity index (χ1n) is 11.3. The molecule has 5 aromatic carbocycles. The molecule has 0 bridgehead atoms. The van der Waals surface area contributed by atoms with Gasteiger partial charge in [0.1, 0.15) is 0 Å². The lowest BCUT2D eigenvalue weighted by Gasteiger charge is -2.39. The van der Waals surface area contributed by atoms with Crippen molar-refractivity contribution >= 4 is 37.7 Å². The van der Waals surface area contributed by atoms with Crippen LogP contribution in [0, 0.1) is 0 Å². The number of benzene rings is 5. The molecule has 33 heavy (non-hydrogen) atoms. The Kier molecular flexibility index (Phi) is 3.27. The van der Waals surface area contributed by atoms with Crippen LogP contribution in [0.25, 0.3) is 38.6 Å². The molecule has 0 saturated carbocycles. The number of fused-ring (bicyclic) bond motifs is 12. The van der Waals surface area contributed by atoms with Gasteiger partial charge in [-0.3, -0.25) is 0 Å². The van der Waals surface area contributed by atoms with Crippen LogP contribution < -0.4 is 0 Å². The quantitative estimate of drug-likeness (QED) is 0.204. The summed E-state index contributed by atoms with van der Waals surface area (Å²) in [6.07, 6.45) is 0. The summed E-state index contributed by atoms with van der Waals surface area (Å²) in [6.45, 7) is 0. The molecule has 6 aromatic rings. The molecule has 1 spiro atoms. The van der Waals surface area contributed by atoms with Gasteiger partial charge in [0.25, 0.3) is 0 Å². The molecule has 8 rings (SSSR count). The van der Waals surface area contributed by atoms with Gasteiger partial charge in [-0.25, -0.2) is 0 Å². The zero-order valence-corrected chi connectivity index (χ0v) is 19.3. The van der Waals surface area contributed by atoms with E-state index in [1.54, 1.807) is 0 Å². The van der Waals surface area contributed by atoms with Gasteiger partial charge in [-0.1, -0.05) is 101 Å². The van der Waals surface area contributed by atoms with Crippen molar-refractivity contribution in [2.24, 2.45) is 0 Å². The van der Waals surface area contributed by atoms with Gasteiger partial charge in [0.2, 0.25) is 0 Å². The molecule has 0 atom stereocenters. The van der Waals surface area contributed by atoms with Crippen LogP contribution >= 0.6 is 15.9 Å². The van der Waals surface area contributed by atoms with Crippen LogP contribution in [-0.2, 0) is 5.41 Å². The third-order valence-electron chi connectivity index (χ3n) is 7.65. The smallest absolute Gasteiger partial charge is 0.0754 e. The molecule has 0 saturated heterocycles. The van der Waals surface area contributed by atoms with E-state index in [-0.39, 0.29) is 5.41 Å². The van der Waals surface area contributed by atoms with Crippen LogP contribution in [0.3, 0.4) is 0 Å². The van der Waals surface area contributed by atoms with Crippen molar-refractivity contribution in [3.63, 3.8) is 0 Å². The lowest BCUT2D eigenvalue weighted by molar-refractivity contribution is 0.748. The normalized spacial score (nSPS) is 14.5. The number of halogens is 1. The second kappa shape index (κ2) is 6.03. The zero-order valence-electron chi connectivity index (χ0n) is 17.7. The van der Waals surface area contributed by atoms with Gasteiger partial charge < -0.3 is 4.57 Å². The molecule has 0 radical (unpaired) electrons. The largest absolute Gasteiger partial charge is 0.309 e. The highest BCUT2D eigenvalue weighted by Crippen LogP contribution is 2.60. The van der Waals surface area contributed by atoms with E-state index >= 15 is 0 Å². The SMILES string of the molecule is Brc1ccc2c(c1)c1cccc3c1n2-c1ccccc1C31c2ccccc2-c2ccccc21. The Balaban J connectivity index is 1.69. The first kappa shape index (κ1) is 17.9. The molecule has 0 amide bonds. The zero-order chi connectivity index (χ0) is 21.7. The molecule has 2 heteroatoms. The Morgan fingerprint density at radius 2 is 1.18 bits per heavy atom. The summed E-state index contributed by atoms with van der Waals surface area (Å²) in [5.41, 5.74) is 11.7. The maximum Gasteiger partial charge on any atom is 0.0754 e. The fourth-order valence-corrected chi connectivity index (χ4v) is 6.90. The van der Waals surface area contributed by atoms with Crippen LogP contribution in [0.4, 0.5) is 0 Å². The first-order valence-corrected chi connectivity index (χ1v) is 12.1. The van der Waals surface area contributed by atoms with Crippen molar-refractivity contribution in [3.05, 3.63) is 136 Å². The minimum atomic E-state index is -0.328. The van der Waals surface area contributed by atoms with Gasteiger partial charge in [-0.15, -0.1) is 0 Å². The van der Waals surface area contributed by atoms with Gasteiger partial charge >= 0.3 is 0 Å². The maximum absolute atomic E-state index is 3.71. The van der Waals surface area contributed by atoms with Gasteiger partial charge in [0, 0.05) is 15.2 Å². The fourth-order valence-electron chi connectivity index (χ4n) is 6.54. The summed E-state index contributed by atoms with van der Waals surface area (Å²) in [6, 6.07) is 40.5. The van der Waals surface area contributed by atoms with Gasteiger partial charge in [-0.05, 0) is 57.6 Å². The van der Waals surface area contributed by atoms with Gasteiger partial charge in [0.15, 0.2) is 0 Å². The lowest BCUT2D eigenvalue weighted by Crippen LogP contribution is -2.33. The molecular weight excluding hydrogens is 466 g/mol. The van der Waals surface area contributed by atoms with Crippen LogP contribution in [0.2, 0.25) is 0 Å². The van der Waals surface area contributed by atoms with Crippen LogP contribution in [-0.4, -0.2) is 4.57 Å². The molecule has 2 heterocycles. The Morgan fingerprint density at radius 1 is 0.545 bits per heavy atom. The van der Waals surface area contributed by atoms with Crippen molar-refractivity contribution < 1.29 is 0 Å². The minimum Gasteiger partial charge on any atom is -0.309 e. The van der Waals surface area contributed by atoms with E-state index in [0.29, 0.717) is 0 Å². The Morgan fingerprint density at radius 3 is 1.94 bits per heavy atom. The minimum absolute atomic E-state index is 0.328. The molecule has 0 fully saturated rings. The van der Waals surface area contributed by atoms with Crippen LogP contribution in [0.5, 0.6) is 0 Å². The Hall–Kier alpha value is -3.62. The number of aromatic nitrogens is 1. The summed E-state index contributed by atoms with van der Waals surface area (Å²) in [5, 5.41) is 2.59. The van der Waals surface area contributed by atoms with Crippen molar-refractivity contribution in [2.45, 2.75) is 5.41 Å². The summed E-state index contributed by atoms with van der Waals surface area (Å²) in [7, 11) is 0. The summed E-state index contributed by atoms with van der Waals surface area (Å²) >= 11 is 3.71. The molecule has 0 unspecified atom stereocenters. The van der Waals surface area contributed by atoms with Crippen LogP contribution in [0.15, 0.2) is 114 Å². The molecule has 1 aliphatic carbocycles. The number of nitrogens with zero attached hydrogens (tertiary/aromatic N) is 1. The van der Waals surface area contributed by atoms with Gasteiger partial charge in [-0.2, -0.15) is 0 Å². The standard InChI is InChI=1S/C31H18BrN/c32-19-16-17-28-23(18-19)22-10-7-14-27-30(22)33(28)29-15-6-5-13-26(29)31(27)24-11-3-1-8-20(24)21-9-2-4-12-25(21)31/h1-18H. The number of hydrogen-bond donors (Lipinski definition) is 0.